The van der Waals surface area contributed by atoms with Crippen LogP contribution in [0.5, 0.6) is 0 Å². The lowest BCUT2D eigenvalue weighted by molar-refractivity contribution is 0.228. The second kappa shape index (κ2) is 12.4. The molecule has 0 aliphatic carbocycles. The van der Waals surface area contributed by atoms with E-state index in [1.807, 2.05) is 25.7 Å². The van der Waals surface area contributed by atoms with Gasteiger partial charge in [-0.15, -0.1) is 0 Å². The lowest BCUT2D eigenvalue weighted by Gasteiger charge is -2.36. The molecule has 1 fully saturated rings. The summed E-state index contributed by atoms with van der Waals surface area (Å²) in [7, 11) is 0. The molecule has 7 nitrogen and oxygen atoms in total. The van der Waals surface area contributed by atoms with Crippen molar-refractivity contribution in [2.45, 2.75) is 52.6 Å². The Hall–Kier alpha value is -4.34. The molecule has 0 amide bonds. The zero-order valence-electron chi connectivity index (χ0n) is 23.8. The number of likely N-dealkylation sites (tertiary alicyclic amines) is 1. The highest BCUT2D eigenvalue weighted by molar-refractivity contribution is 6.00. The molecule has 2 aliphatic heterocycles. The normalized spacial score (nSPS) is 17.8. The summed E-state index contributed by atoms with van der Waals surface area (Å²) < 4.78 is 43.4. The van der Waals surface area contributed by atoms with Gasteiger partial charge in [-0.05, 0) is 56.2 Å². The van der Waals surface area contributed by atoms with Crippen LogP contribution in [-0.2, 0) is 6.54 Å². The number of halogens is 3. The van der Waals surface area contributed by atoms with Gasteiger partial charge in [0.2, 0.25) is 5.88 Å². The molecule has 0 radical (unpaired) electrons. The van der Waals surface area contributed by atoms with Crippen molar-refractivity contribution in [1.82, 2.24) is 24.6 Å². The maximum atomic E-state index is 14.2. The minimum atomic E-state index is -0.724. The van der Waals surface area contributed by atoms with Gasteiger partial charge in [0.1, 0.15) is 23.1 Å². The van der Waals surface area contributed by atoms with E-state index in [-0.39, 0.29) is 17.5 Å². The summed E-state index contributed by atoms with van der Waals surface area (Å²) in [6, 6.07) is 7.36. The minimum absolute atomic E-state index is 0.0596. The molecule has 2 atom stereocenters. The van der Waals surface area contributed by atoms with E-state index >= 15 is 0 Å². The number of aliphatic hydroxyl groups excluding tert-OH is 1. The van der Waals surface area contributed by atoms with Crippen LogP contribution < -0.4 is 0 Å². The van der Waals surface area contributed by atoms with Gasteiger partial charge in [-0.1, -0.05) is 27.0 Å². The zero-order valence-corrected chi connectivity index (χ0v) is 23.8. The van der Waals surface area contributed by atoms with E-state index < -0.39 is 23.5 Å². The molecular weight excluding hydrogens is 529 g/mol. The summed E-state index contributed by atoms with van der Waals surface area (Å²) in [5.41, 5.74) is 2.68. The first-order valence-corrected chi connectivity index (χ1v) is 13.7. The molecule has 1 aromatic carbocycles. The van der Waals surface area contributed by atoms with E-state index in [0.717, 1.165) is 18.2 Å². The second-order valence-electron chi connectivity index (χ2n) is 9.67. The number of aliphatic imine (C=N–C) groups is 1. The molecule has 4 heterocycles. The highest BCUT2D eigenvalue weighted by Gasteiger charge is 2.36. The fourth-order valence-electron chi connectivity index (χ4n) is 5.09. The molecular formula is C31H35F3N6O. The van der Waals surface area contributed by atoms with Gasteiger partial charge < -0.3 is 10.0 Å². The smallest absolute Gasteiger partial charge is 0.205 e. The Morgan fingerprint density at radius 1 is 1.10 bits per heavy atom. The Labute approximate surface area is 238 Å². The van der Waals surface area contributed by atoms with Crippen LogP contribution in [-0.4, -0.2) is 48.6 Å². The fourth-order valence-corrected chi connectivity index (χ4v) is 5.09. The fraction of sp³-hybridized carbons (Fsp3) is 0.323. The van der Waals surface area contributed by atoms with Crippen LogP contribution in [0.4, 0.5) is 13.2 Å². The van der Waals surface area contributed by atoms with Crippen molar-refractivity contribution in [3.05, 3.63) is 119 Å². The van der Waals surface area contributed by atoms with Gasteiger partial charge in [0.15, 0.2) is 5.84 Å². The first-order valence-electron chi connectivity index (χ1n) is 13.7. The average Bonchev–Trinajstić information content (AvgIpc) is 3.64. The van der Waals surface area contributed by atoms with Crippen LogP contribution in [0, 0.1) is 17.5 Å². The first-order chi connectivity index (χ1) is 19.7. The maximum absolute atomic E-state index is 14.2. The molecule has 2 aromatic heterocycles. The summed E-state index contributed by atoms with van der Waals surface area (Å²) in [5, 5.41) is 16.2. The monoisotopic (exact) mass is 564 g/mol. The molecule has 1 saturated heterocycles. The molecule has 2 aliphatic rings. The van der Waals surface area contributed by atoms with Gasteiger partial charge in [-0.3, -0.25) is 14.6 Å². The number of rotatable bonds is 7. The maximum Gasteiger partial charge on any atom is 0.205 e. The van der Waals surface area contributed by atoms with Gasteiger partial charge in [-0.2, -0.15) is 5.10 Å². The predicted molar refractivity (Wildman–Crippen MR) is 153 cm³/mol. The molecule has 0 saturated carbocycles. The van der Waals surface area contributed by atoms with E-state index in [0.29, 0.717) is 48.0 Å². The van der Waals surface area contributed by atoms with Gasteiger partial charge in [0.05, 0.1) is 23.5 Å². The molecule has 41 heavy (non-hydrogen) atoms. The predicted octanol–water partition coefficient (Wildman–Crippen LogP) is 6.85. The van der Waals surface area contributed by atoms with Crippen LogP contribution in [0.1, 0.15) is 63.0 Å². The number of amidine groups is 1. The number of hydrogen-bond donors (Lipinski definition) is 1. The van der Waals surface area contributed by atoms with Gasteiger partial charge in [0.25, 0.3) is 0 Å². The van der Waals surface area contributed by atoms with Crippen molar-refractivity contribution in [1.29, 1.82) is 0 Å². The molecule has 3 aromatic rings. The van der Waals surface area contributed by atoms with Crippen molar-refractivity contribution < 1.29 is 18.3 Å². The van der Waals surface area contributed by atoms with Gasteiger partial charge in [0, 0.05) is 49.2 Å². The molecule has 10 heteroatoms. The van der Waals surface area contributed by atoms with E-state index in [2.05, 4.69) is 23.2 Å². The van der Waals surface area contributed by atoms with Crippen molar-refractivity contribution in [3.8, 4) is 0 Å². The number of aliphatic hydroxyl groups is 1. The van der Waals surface area contributed by atoms with E-state index in [9.17, 15) is 18.3 Å². The Kier molecular flexibility index (Phi) is 9.00. The SMILES string of the molecule is C=C1N=C(c2ccn(CC)n2)N(C(C)c2cc(F)cc(F)c2)C(O)=C1C(=C)N1CCC(c2ccc(F)cn2)C1.CC. The van der Waals surface area contributed by atoms with Crippen LogP contribution in [0.15, 0.2) is 89.8 Å². The highest BCUT2D eigenvalue weighted by atomic mass is 19.1. The van der Waals surface area contributed by atoms with Gasteiger partial charge >= 0.3 is 0 Å². The lowest BCUT2D eigenvalue weighted by Crippen LogP contribution is -2.38. The number of aromatic nitrogens is 3. The third kappa shape index (κ3) is 6.06. The molecule has 0 bridgehead atoms. The van der Waals surface area contributed by atoms with Crippen LogP contribution in [0.2, 0.25) is 0 Å². The summed E-state index contributed by atoms with van der Waals surface area (Å²) in [5.74, 6) is -1.68. The summed E-state index contributed by atoms with van der Waals surface area (Å²) in [6.45, 7) is 17.8. The van der Waals surface area contributed by atoms with Crippen molar-refractivity contribution in [2.75, 3.05) is 13.1 Å². The van der Waals surface area contributed by atoms with E-state index in [1.165, 1.54) is 29.3 Å². The Balaban J connectivity index is 0.00000189. The summed E-state index contributed by atoms with van der Waals surface area (Å²) >= 11 is 0. The highest BCUT2D eigenvalue weighted by Crippen LogP contribution is 2.38. The number of pyridine rings is 1. The quantitative estimate of drug-likeness (QED) is 0.340. The molecule has 1 N–H and O–H groups in total. The van der Waals surface area contributed by atoms with Crippen molar-refractivity contribution in [2.24, 2.45) is 4.99 Å². The molecule has 0 spiro atoms. The largest absolute Gasteiger partial charge is 0.494 e. The minimum Gasteiger partial charge on any atom is -0.494 e. The topological polar surface area (TPSA) is 69.8 Å². The van der Waals surface area contributed by atoms with Crippen LogP contribution in [0.25, 0.3) is 0 Å². The Bertz CT molecular complexity index is 1470. The standard InChI is InChI=1S/C29H29F3N6O.C2H6/c1-5-37-11-9-26(35-37)28-34-17(2)27(29(39)38(28)18(3)21-12-23(31)14-24(32)13-21)19(4)36-10-8-20(16-36)25-7-6-22(30)15-33-25;1-2/h6-7,9,11-15,18,20,39H,2,4-5,8,10,16H2,1,3H3;1-2H3. The van der Waals surface area contributed by atoms with Crippen LogP contribution >= 0.6 is 0 Å². The molecule has 5 rings (SSSR count). The summed E-state index contributed by atoms with van der Waals surface area (Å²) in [4.78, 5) is 12.4. The van der Waals surface area contributed by atoms with Crippen LogP contribution in [0.3, 0.4) is 0 Å². The number of benzene rings is 1. The van der Waals surface area contributed by atoms with Crippen molar-refractivity contribution >= 4 is 5.84 Å². The number of nitrogens with zero attached hydrogens (tertiary/aromatic N) is 6. The number of hydrogen-bond acceptors (Lipinski definition) is 6. The van der Waals surface area contributed by atoms with Crippen molar-refractivity contribution in [3.63, 3.8) is 0 Å². The first kappa shape index (κ1) is 29.6. The third-order valence-electron chi connectivity index (χ3n) is 7.18. The Morgan fingerprint density at radius 2 is 1.80 bits per heavy atom. The molecule has 216 valence electrons. The lowest BCUT2D eigenvalue weighted by atomic mass is 10.0. The third-order valence-corrected chi connectivity index (χ3v) is 7.18. The molecule has 2 unspecified atom stereocenters. The van der Waals surface area contributed by atoms with E-state index in [1.54, 1.807) is 29.9 Å². The van der Waals surface area contributed by atoms with E-state index in [4.69, 9.17) is 4.99 Å². The second-order valence-corrected chi connectivity index (χ2v) is 9.67. The Morgan fingerprint density at radius 3 is 2.41 bits per heavy atom. The average molecular weight is 565 g/mol. The zero-order chi connectivity index (χ0) is 29.8. The summed E-state index contributed by atoms with van der Waals surface area (Å²) in [6.07, 6.45) is 3.76. The van der Waals surface area contributed by atoms with Gasteiger partial charge in [-0.25, -0.2) is 18.2 Å². The number of aryl methyl sites for hydroxylation is 1.